The van der Waals surface area contributed by atoms with Gasteiger partial charge in [0, 0.05) is 29.3 Å². The van der Waals surface area contributed by atoms with Crippen molar-refractivity contribution in [2.24, 2.45) is 5.92 Å². The van der Waals surface area contributed by atoms with E-state index < -0.39 is 0 Å². The topological polar surface area (TPSA) is 15.3 Å². The summed E-state index contributed by atoms with van der Waals surface area (Å²) in [5.74, 6) is 0.711. The number of benzene rings is 1. The Morgan fingerprint density at radius 1 is 1.42 bits per heavy atom. The van der Waals surface area contributed by atoms with Crippen LogP contribution in [0.15, 0.2) is 22.7 Å². The first kappa shape index (κ1) is 14.9. The molecule has 0 radical (unpaired) electrons. The molecule has 1 saturated heterocycles. The van der Waals surface area contributed by atoms with E-state index in [2.05, 4.69) is 65.1 Å². The zero-order chi connectivity index (χ0) is 13.8. The van der Waals surface area contributed by atoms with Gasteiger partial charge >= 0.3 is 0 Å². The molecule has 0 aromatic heterocycles. The van der Waals surface area contributed by atoms with Crippen LogP contribution in [0.3, 0.4) is 0 Å². The first-order chi connectivity index (χ1) is 9.11. The third kappa shape index (κ3) is 3.73. The number of hydrogen-bond donors (Lipinski definition) is 1. The van der Waals surface area contributed by atoms with E-state index in [1.807, 2.05) is 0 Å². The lowest BCUT2D eigenvalue weighted by Crippen LogP contribution is -2.48. The molecule has 2 unspecified atom stereocenters. The van der Waals surface area contributed by atoms with Crippen LogP contribution >= 0.6 is 15.9 Å². The molecule has 2 rings (SSSR count). The maximum atomic E-state index is 3.68. The van der Waals surface area contributed by atoms with Gasteiger partial charge in [-0.3, -0.25) is 0 Å². The molecule has 106 valence electrons. The number of rotatable bonds is 4. The van der Waals surface area contributed by atoms with Crippen LogP contribution in [0.4, 0.5) is 5.69 Å². The highest BCUT2D eigenvalue weighted by atomic mass is 79.9. The second kappa shape index (κ2) is 6.76. The number of aryl methyl sites for hydroxylation is 1. The lowest BCUT2D eigenvalue weighted by Gasteiger charge is -2.39. The molecule has 1 fully saturated rings. The average molecular weight is 325 g/mol. The molecule has 1 aliphatic rings. The van der Waals surface area contributed by atoms with Crippen LogP contribution in [-0.2, 0) is 0 Å². The predicted molar refractivity (Wildman–Crippen MR) is 87.0 cm³/mol. The fourth-order valence-electron chi connectivity index (χ4n) is 2.97. The monoisotopic (exact) mass is 324 g/mol. The molecule has 0 saturated carbocycles. The number of nitrogens with zero attached hydrogens (tertiary/aromatic N) is 1. The Morgan fingerprint density at radius 2 is 2.21 bits per heavy atom. The maximum absolute atomic E-state index is 3.68. The summed E-state index contributed by atoms with van der Waals surface area (Å²) >= 11 is 3.54. The molecule has 2 nitrogen and oxygen atoms in total. The minimum absolute atomic E-state index is 0.687. The largest absolute Gasteiger partial charge is 0.371 e. The number of anilines is 1. The fraction of sp³-hybridized carbons (Fsp3) is 0.625. The van der Waals surface area contributed by atoms with Gasteiger partial charge in [-0.1, -0.05) is 29.8 Å². The second-order valence-corrected chi connectivity index (χ2v) is 6.62. The van der Waals surface area contributed by atoms with Crippen molar-refractivity contribution < 1.29 is 0 Å². The van der Waals surface area contributed by atoms with Crippen LogP contribution in [-0.4, -0.2) is 25.7 Å². The van der Waals surface area contributed by atoms with Crippen molar-refractivity contribution in [3.05, 3.63) is 28.2 Å². The van der Waals surface area contributed by atoms with E-state index in [9.17, 15) is 0 Å². The molecule has 1 heterocycles. The molecular formula is C16H25BrN2. The Balaban J connectivity index is 2.01. The van der Waals surface area contributed by atoms with Crippen LogP contribution in [0.1, 0.15) is 32.3 Å². The van der Waals surface area contributed by atoms with E-state index in [1.54, 1.807) is 0 Å². The number of nitrogens with one attached hydrogen (secondary N) is 1. The van der Waals surface area contributed by atoms with Gasteiger partial charge in [0.05, 0.1) is 0 Å². The molecular weight excluding hydrogens is 300 g/mol. The van der Waals surface area contributed by atoms with Crippen LogP contribution < -0.4 is 10.2 Å². The summed E-state index contributed by atoms with van der Waals surface area (Å²) in [5.41, 5.74) is 2.76. The highest BCUT2D eigenvalue weighted by molar-refractivity contribution is 9.10. The molecule has 0 bridgehead atoms. The lowest BCUT2D eigenvalue weighted by atomic mass is 9.93. The molecule has 0 spiro atoms. The Labute approximate surface area is 125 Å². The zero-order valence-corrected chi connectivity index (χ0v) is 13.8. The van der Waals surface area contributed by atoms with Crippen LogP contribution in [0.2, 0.25) is 0 Å². The summed E-state index contributed by atoms with van der Waals surface area (Å²) in [4.78, 5) is 2.54. The summed E-state index contributed by atoms with van der Waals surface area (Å²) in [5, 5.41) is 3.68. The van der Waals surface area contributed by atoms with Gasteiger partial charge in [0.25, 0.3) is 0 Å². The van der Waals surface area contributed by atoms with Crippen molar-refractivity contribution in [1.82, 2.24) is 5.32 Å². The summed E-state index contributed by atoms with van der Waals surface area (Å²) < 4.78 is 1.17. The van der Waals surface area contributed by atoms with Gasteiger partial charge in [-0.05, 0) is 56.0 Å². The summed E-state index contributed by atoms with van der Waals surface area (Å²) in [6.07, 6.45) is 2.47. The number of halogens is 1. The van der Waals surface area contributed by atoms with Crippen molar-refractivity contribution in [3.8, 4) is 0 Å². The van der Waals surface area contributed by atoms with Crippen molar-refractivity contribution in [3.63, 3.8) is 0 Å². The quantitative estimate of drug-likeness (QED) is 0.901. The van der Waals surface area contributed by atoms with E-state index in [0.29, 0.717) is 12.0 Å². The minimum atomic E-state index is 0.687. The number of piperidine rings is 1. The minimum Gasteiger partial charge on any atom is -0.371 e. The Hall–Kier alpha value is -0.540. The fourth-order valence-corrected chi connectivity index (χ4v) is 3.45. The van der Waals surface area contributed by atoms with E-state index in [0.717, 1.165) is 19.6 Å². The first-order valence-electron chi connectivity index (χ1n) is 7.36. The molecule has 3 heteroatoms. The smallest absolute Gasteiger partial charge is 0.0396 e. The van der Waals surface area contributed by atoms with Crippen LogP contribution in [0, 0.1) is 12.8 Å². The summed E-state index contributed by atoms with van der Waals surface area (Å²) in [7, 11) is 0. The van der Waals surface area contributed by atoms with E-state index in [1.165, 1.54) is 28.6 Å². The Morgan fingerprint density at radius 3 is 2.84 bits per heavy atom. The van der Waals surface area contributed by atoms with E-state index >= 15 is 0 Å². The molecule has 0 amide bonds. The van der Waals surface area contributed by atoms with Gasteiger partial charge in [0.1, 0.15) is 0 Å². The van der Waals surface area contributed by atoms with Crippen molar-refractivity contribution in [1.29, 1.82) is 0 Å². The van der Waals surface area contributed by atoms with Crippen LogP contribution in [0.25, 0.3) is 0 Å². The van der Waals surface area contributed by atoms with Crippen molar-refractivity contribution >= 4 is 21.6 Å². The standard InChI is InChI=1S/C16H25BrN2/c1-4-8-18-15-7-9-19(11-13(15)3)16-6-5-14(17)10-12(16)2/h5-6,10,13,15,18H,4,7-9,11H2,1-3H3. The highest BCUT2D eigenvalue weighted by Gasteiger charge is 2.26. The van der Waals surface area contributed by atoms with Gasteiger partial charge in [-0.15, -0.1) is 0 Å². The normalized spacial score (nSPS) is 23.7. The predicted octanol–water partition coefficient (Wildman–Crippen LogP) is 3.97. The average Bonchev–Trinajstić information content (AvgIpc) is 2.37. The van der Waals surface area contributed by atoms with E-state index in [-0.39, 0.29) is 0 Å². The third-order valence-corrected chi connectivity index (χ3v) is 4.55. The molecule has 1 aromatic carbocycles. The lowest BCUT2D eigenvalue weighted by molar-refractivity contribution is 0.322. The third-order valence-electron chi connectivity index (χ3n) is 4.06. The highest BCUT2D eigenvalue weighted by Crippen LogP contribution is 2.28. The summed E-state index contributed by atoms with van der Waals surface area (Å²) in [6, 6.07) is 7.29. The first-order valence-corrected chi connectivity index (χ1v) is 8.15. The van der Waals surface area contributed by atoms with Gasteiger partial charge in [-0.2, -0.15) is 0 Å². The van der Waals surface area contributed by atoms with Gasteiger partial charge in [-0.25, -0.2) is 0 Å². The van der Waals surface area contributed by atoms with Gasteiger partial charge < -0.3 is 10.2 Å². The second-order valence-electron chi connectivity index (χ2n) is 5.70. The molecule has 19 heavy (non-hydrogen) atoms. The molecule has 0 aliphatic carbocycles. The molecule has 1 aliphatic heterocycles. The van der Waals surface area contributed by atoms with E-state index in [4.69, 9.17) is 0 Å². The maximum Gasteiger partial charge on any atom is 0.0396 e. The van der Waals surface area contributed by atoms with Gasteiger partial charge in [0.2, 0.25) is 0 Å². The molecule has 1 aromatic rings. The van der Waals surface area contributed by atoms with Crippen molar-refractivity contribution in [2.45, 2.75) is 39.7 Å². The van der Waals surface area contributed by atoms with Gasteiger partial charge in [0.15, 0.2) is 0 Å². The molecule has 2 atom stereocenters. The SMILES string of the molecule is CCCNC1CCN(c2ccc(Br)cc2C)CC1C. The number of hydrogen-bond acceptors (Lipinski definition) is 2. The Kier molecular flexibility index (Phi) is 5.28. The zero-order valence-electron chi connectivity index (χ0n) is 12.2. The molecule has 1 N–H and O–H groups in total. The van der Waals surface area contributed by atoms with Crippen molar-refractivity contribution in [2.75, 3.05) is 24.5 Å². The Bertz CT molecular complexity index is 419. The van der Waals surface area contributed by atoms with Crippen LogP contribution in [0.5, 0.6) is 0 Å². The summed E-state index contributed by atoms with van der Waals surface area (Å²) in [6.45, 7) is 10.3.